The zero-order chi connectivity index (χ0) is 16.9. The van der Waals surface area contributed by atoms with Gasteiger partial charge < -0.3 is 5.32 Å². The summed E-state index contributed by atoms with van der Waals surface area (Å²) in [6.45, 7) is 0.469. The molecule has 0 aliphatic carbocycles. The summed E-state index contributed by atoms with van der Waals surface area (Å²) in [5.41, 5.74) is 2.72. The van der Waals surface area contributed by atoms with Crippen LogP contribution in [0, 0.1) is 0 Å². The van der Waals surface area contributed by atoms with E-state index in [4.69, 9.17) is 0 Å². The Kier molecular flexibility index (Phi) is 4.38. The van der Waals surface area contributed by atoms with Gasteiger partial charge in [0.1, 0.15) is 16.5 Å². The second kappa shape index (κ2) is 7.14. The van der Waals surface area contributed by atoms with Gasteiger partial charge in [-0.25, -0.2) is 24.9 Å². The quantitative estimate of drug-likeness (QED) is 0.594. The number of nitrogens with one attached hydrogen (secondary N) is 1. The summed E-state index contributed by atoms with van der Waals surface area (Å²) in [5, 5.41) is 6.12. The lowest BCUT2D eigenvalue weighted by molar-refractivity contribution is 0.929. The van der Waals surface area contributed by atoms with Crippen molar-refractivity contribution in [2.45, 2.75) is 6.54 Å². The summed E-state index contributed by atoms with van der Waals surface area (Å²) in [5.74, 6) is 1.22. The van der Waals surface area contributed by atoms with E-state index < -0.39 is 0 Å². The van der Waals surface area contributed by atoms with Gasteiger partial charge in [-0.1, -0.05) is 30.3 Å². The van der Waals surface area contributed by atoms with E-state index in [0.29, 0.717) is 18.3 Å². The summed E-state index contributed by atoms with van der Waals surface area (Å²) in [4.78, 5) is 21.8. The molecule has 0 saturated heterocycles. The van der Waals surface area contributed by atoms with Gasteiger partial charge in [0.2, 0.25) is 5.95 Å². The molecule has 0 saturated carbocycles. The number of hydrogen-bond donors (Lipinski definition) is 1. The molecule has 0 fully saturated rings. The maximum atomic E-state index is 4.69. The van der Waals surface area contributed by atoms with Crippen molar-refractivity contribution >= 4 is 17.3 Å². The van der Waals surface area contributed by atoms with Crippen LogP contribution in [0.2, 0.25) is 0 Å². The first-order chi connectivity index (χ1) is 12.4. The van der Waals surface area contributed by atoms with Gasteiger partial charge in [0.25, 0.3) is 0 Å². The van der Waals surface area contributed by atoms with Gasteiger partial charge in [0.05, 0.1) is 12.2 Å². The van der Waals surface area contributed by atoms with Crippen LogP contribution < -0.4 is 5.32 Å². The predicted molar refractivity (Wildman–Crippen MR) is 97.9 cm³/mol. The van der Waals surface area contributed by atoms with E-state index >= 15 is 0 Å². The van der Waals surface area contributed by atoms with Crippen molar-refractivity contribution < 1.29 is 0 Å². The number of hydrogen-bond acceptors (Lipinski definition) is 7. The van der Waals surface area contributed by atoms with E-state index in [1.165, 1.54) is 0 Å². The van der Waals surface area contributed by atoms with E-state index in [9.17, 15) is 0 Å². The third-order valence-electron chi connectivity index (χ3n) is 3.47. The number of rotatable bonds is 5. The molecule has 0 bridgehead atoms. The first kappa shape index (κ1) is 15.3. The average molecular weight is 346 g/mol. The van der Waals surface area contributed by atoms with E-state index in [1.54, 1.807) is 36.0 Å². The van der Waals surface area contributed by atoms with Gasteiger partial charge in [-0.3, -0.25) is 0 Å². The molecular weight excluding hydrogens is 332 g/mol. The molecule has 122 valence electrons. The zero-order valence-corrected chi connectivity index (χ0v) is 14.0. The van der Waals surface area contributed by atoms with Crippen LogP contribution in [0.25, 0.3) is 22.0 Å². The van der Waals surface area contributed by atoms with Crippen LogP contribution >= 0.6 is 11.3 Å². The molecular formula is C18H14N6S. The van der Waals surface area contributed by atoms with Crippen LogP contribution in [-0.2, 0) is 6.54 Å². The summed E-state index contributed by atoms with van der Waals surface area (Å²) < 4.78 is 0. The maximum Gasteiger partial charge on any atom is 0.223 e. The number of thiazole rings is 1. The number of nitrogens with zero attached hydrogens (tertiary/aromatic N) is 5. The van der Waals surface area contributed by atoms with Gasteiger partial charge in [-0.2, -0.15) is 0 Å². The van der Waals surface area contributed by atoms with Crippen molar-refractivity contribution in [3.63, 3.8) is 0 Å². The molecule has 0 radical (unpaired) electrons. The molecule has 4 rings (SSSR count). The molecule has 3 heterocycles. The standard InChI is InChI=1S/C18H14N6S/c1-2-5-13(6-3-1)17-23-15(12-25-17)14-7-10-21-18(24-14)22-11-16-19-8-4-9-20-16/h1-10,12H,11H2,(H,21,22,24). The highest BCUT2D eigenvalue weighted by Gasteiger charge is 2.09. The molecule has 0 aliphatic rings. The Morgan fingerprint density at radius 2 is 1.64 bits per heavy atom. The van der Waals surface area contributed by atoms with E-state index in [2.05, 4.69) is 42.4 Å². The molecule has 3 aromatic heterocycles. The molecule has 0 aliphatic heterocycles. The fourth-order valence-corrected chi connectivity index (χ4v) is 3.09. The third-order valence-corrected chi connectivity index (χ3v) is 4.36. The molecule has 25 heavy (non-hydrogen) atoms. The smallest absolute Gasteiger partial charge is 0.223 e. The van der Waals surface area contributed by atoms with Crippen LogP contribution in [-0.4, -0.2) is 24.9 Å². The Morgan fingerprint density at radius 1 is 0.800 bits per heavy atom. The molecule has 0 atom stereocenters. The summed E-state index contributed by atoms with van der Waals surface area (Å²) in [6, 6.07) is 13.8. The highest BCUT2D eigenvalue weighted by Crippen LogP contribution is 2.27. The molecule has 7 heteroatoms. The van der Waals surface area contributed by atoms with Crippen molar-refractivity contribution in [1.29, 1.82) is 0 Å². The van der Waals surface area contributed by atoms with Crippen LogP contribution in [0.5, 0.6) is 0 Å². The molecule has 0 amide bonds. The molecule has 1 N–H and O–H groups in total. The topological polar surface area (TPSA) is 76.5 Å². The number of anilines is 1. The SMILES string of the molecule is c1ccc(-c2nc(-c3ccnc(NCc4ncccn4)n3)cs2)cc1. The number of aromatic nitrogens is 5. The summed E-state index contributed by atoms with van der Waals surface area (Å²) >= 11 is 1.60. The van der Waals surface area contributed by atoms with Gasteiger partial charge in [-0.05, 0) is 12.1 Å². The molecule has 0 spiro atoms. The Morgan fingerprint density at radius 3 is 2.48 bits per heavy atom. The second-order valence-electron chi connectivity index (χ2n) is 5.19. The first-order valence-corrected chi connectivity index (χ1v) is 8.60. The minimum atomic E-state index is 0.469. The lowest BCUT2D eigenvalue weighted by atomic mass is 10.2. The van der Waals surface area contributed by atoms with Crippen LogP contribution in [0.1, 0.15) is 5.82 Å². The van der Waals surface area contributed by atoms with Crippen molar-refractivity contribution in [2.24, 2.45) is 0 Å². The normalized spacial score (nSPS) is 10.6. The third kappa shape index (κ3) is 3.67. The fraction of sp³-hybridized carbons (Fsp3) is 0.0556. The summed E-state index contributed by atoms with van der Waals surface area (Å²) in [6.07, 6.45) is 5.14. The number of benzene rings is 1. The average Bonchev–Trinajstić information content (AvgIpc) is 3.18. The molecule has 1 aromatic carbocycles. The fourth-order valence-electron chi connectivity index (χ4n) is 2.27. The minimum absolute atomic E-state index is 0.469. The van der Waals surface area contributed by atoms with E-state index in [-0.39, 0.29) is 0 Å². The maximum absolute atomic E-state index is 4.69. The largest absolute Gasteiger partial charge is 0.347 e. The highest BCUT2D eigenvalue weighted by molar-refractivity contribution is 7.13. The van der Waals surface area contributed by atoms with E-state index in [0.717, 1.165) is 22.0 Å². The Hall–Kier alpha value is -3.19. The molecule has 4 aromatic rings. The van der Waals surface area contributed by atoms with E-state index in [1.807, 2.05) is 29.6 Å². The highest BCUT2D eigenvalue weighted by atomic mass is 32.1. The zero-order valence-electron chi connectivity index (χ0n) is 13.2. The Labute approximate surface area is 148 Å². The molecule has 0 unspecified atom stereocenters. The van der Waals surface area contributed by atoms with Crippen LogP contribution in [0.15, 0.2) is 66.4 Å². The lowest BCUT2D eigenvalue weighted by Crippen LogP contribution is -2.06. The van der Waals surface area contributed by atoms with Gasteiger partial charge >= 0.3 is 0 Å². The lowest BCUT2D eigenvalue weighted by Gasteiger charge is -2.04. The van der Waals surface area contributed by atoms with Gasteiger partial charge in [0.15, 0.2) is 0 Å². The Bertz CT molecular complexity index is 955. The second-order valence-corrected chi connectivity index (χ2v) is 6.05. The Balaban J connectivity index is 1.52. The summed E-state index contributed by atoms with van der Waals surface area (Å²) in [7, 11) is 0. The van der Waals surface area contributed by atoms with Crippen LogP contribution in [0.4, 0.5) is 5.95 Å². The van der Waals surface area contributed by atoms with Crippen molar-refractivity contribution in [3.8, 4) is 22.0 Å². The van der Waals surface area contributed by atoms with Gasteiger partial charge in [0, 0.05) is 29.5 Å². The van der Waals surface area contributed by atoms with Gasteiger partial charge in [-0.15, -0.1) is 11.3 Å². The molecule has 6 nitrogen and oxygen atoms in total. The van der Waals surface area contributed by atoms with Crippen molar-refractivity contribution in [2.75, 3.05) is 5.32 Å². The van der Waals surface area contributed by atoms with Crippen LogP contribution in [0.3, 0.4) is 0 Å². The van der Waals surface area contributed by atoms with Crippen molar-refractivity contribution in [1.82, 2.24) is 24.9 Å². The minimum Gasteiger partial charge on any atom is -0.347 e. The predicted octanol–water partition coefficient (Wildman–Crippen LogP) is 3.67. The first-order valence-electron chi connectivity index (χ1n) is 7.72. The monoisotopic (exact) mass is 346 g/mol. The van der Waals surface area contributed by atoms with Crippen molar-refractivity contribution in [3.05, 3.63) is 72.3 Å².